The lowest BCUT2D eigenvalue weighted by Gasteiger charge is -2.50. The van der Waals surface area contributed by atoms with Gasteiger partial charge in [0.25, 0.3) is 0 Å². The van der Waals surface area contributed by atoms with Crippen LogP contribution in [-0.4, -0.2) is 49.2 Å². The van der Waals surface area contributed by atoms with Gasteiger partial charge in [-0.1, -0.05) is 0 Å². The normalized spacial score (nSPS) is 46.5. The summed E-state index contributed by atoms with van der Waals surface area (Å²) < 4.78 is 15.5. The minimum Gasteiger partial charge on any atom is -0.396 e. The van der Waals surface area contributed by atoms with Crippen molar-refractivity contribution in [2.75, 3.05) is 33.0 Å². The van der Waals surface area contributed by atoms with E-state index < -0.39 is 11.4 Å². The van der Waals surface area contributed by atoms with Crippen molar-refractivity contribution in [1.82, 2.24) is 0 Å². The van der Waals surface area contributed by atoms with Gasteiger partial charge in [0.2, 0.25) is 0 Å². The van der Waals surface area contributed by atoms with Crippen molar-refractivity contribution >= 4 is 0 Å². The summed E-state index contributed by atoms with van der Waals surface area (Å²) in [6.45, 7) is 0.807. The fourth-order valence-electron chi connectivity index (χ4n) is 1.31. The molecule has 2 bridgehead atoms. The molecule has 3 aliphatic rings. The van der Waals surface area contributed by atoms with E-state index in [1.165, 1.54) is 0 Å². The predicted octanol–water partition coefficient (Wildman–Crippen LogP) is -1.31. The van der Waals surface area contributed by atoms with Crippen molar-refractivity contribution < 1.29 is 24.4 Å². The van der Waals surface area contributed by atoms with Gasteiger partial charge in [-0.25, -0.2) is 0 Å². The molecule has 0 aromatic heterocycles. The first-order valence-electron chi connectivity index (χ1n) is 3.88. The number of ether oxygens (including phenoxy) is 3. The molecule has 0 amide bonds. The van der Waals surface area contributed by atoms with E-state index in [1.54, 1.807) is 0 Å². The molecule has 0 aromatic rings. The third-order valence-corrected chi connectivity index (χ3v) is 2.32. The van der Waals surface area contributed by atoms with Crippen molar-refractivity contribution in [2.24, 2.45) is 5.41 Å². The molecular weight excluding hydrogens is 164 g/mol. The predicted molar refractivity (Wildman–Crippen MR) is 37.2 cm³/mol. The fourth-order valence-corrected chi connectivity index (χ4v) is 1.31. The van der Waals surface area contributed by atoms with Gasteiger partial charge in [-0.3, -0.25) is 0 Å². The number of hydrogen-bond donors (Lipinski definition) is 2. The van der Waals surface area contributed by atoms with Gasteiger partial charge in [0.05, 0.1) is 31.8 Å². The highest BCUT2D eigenvalue weighted by atomic mass is 16.9. The van der Waals surface area contributed by atoms with Gasteiger partial charge < -0.3 is 24.4 Å². The van der Waals surface area contributed by atoms with E-state index in [9.17, 15) is 0 Å². The maximum atomic E-state index is 9.02. The Bertz CT molecular complexity index is 136. The Morgan fingerprint density at radius 1 is 0.917 bits per heavy atom. The lowest BCUT2D eigenvalue weighted by molar-refractivity contribution is -0.476. The topological polar surface area (TPSA) is 68.2 Å². The van der Waals surface area contributed by atoms with Crippen molar-refractivity contribution in [3.63, 3.8) is 0 Å². The maximum absolute atomic E-state index is 9.02. The fraction of sp³-hybridized carbons (Fsp3) is 1.00. The lowest BCUT2D eigenvalue weighted by atomic mass is 9.90. The number of fused-ring (bicyclic) bond motifs is 3. The molecule has 70 valence electrons. The summed E-state index contributed by atoms with van der Waals surface area (Å²) in [4.78, 5) is 0. The molecule has 0 aliphatic carbocycles. The van der Waals surface area contributed by atoms with E-state index in [1.807, 2.05) is 0 Å². The molecule has 5 heteroatoms. The van der Waals surface area contributed by atoms with Crippen LogP contribution in [0.5, 0.6) is 0 Å². The summed E-state index contributed by atoms with van der Waals surface area (Å²) in [5, 5.41) is 17.9. The third kappa shape index (κ3) is 1.06. The molecule has 0 aromatic carbocycles. The van der Waals surface area contributed by atoms with Gasteiger partial charge in [-0.15, -0.1) is 0 Å². The second kappa shape index (κ2) is 2.65. The number of aliphatic hydroxyl groups is 2. The average Bonchev–Trinajstić information content (AvgIpc) is 2.21. The zero-order chi connectivity index (χ0) is 8.66. The van der Waals surface area contributed by atoms with Gasteiger partial charge in [0.15, 0.2) is 0 Å². The molecule has 3 saturated heterocycles. The van der Waals surface area contributed by atoms with Crippen molar-refractivity contribution in [1.29, 1.82) is 0 Å². The molecule has 3 aliphatic heterocycles. The molecule has 0 saturated carbocycles. The van der Waals surface area contributed by atoms with Crippen LogP contribution in [0.15, 0.2) is 0 Å². The summed E-state index contributed by atoms with van der Waals surface area (Å²) in [5.41, 5.74) is -0.420. The molecule has 3 fully saturated rings. The van der Waals surface area contributed by atoms with E-state index in [0.29, 0.717) is 19.8 Å². The Kier molecular flexibility index (Phi) is 1.85. The van der Waals surface area contributed by atoms with Crippen LogP contribution in [0.2, 0.25) is 0 Å². The first-order valence-corrected chi connectivity index (χ1v) is 3.88. The van der Waals surface area contributed by atoms with Crippen LogP contribution in [0.4, 0.5) is 0 Å². The molecule has 0 spiro atoms. The molecule has 3 heterocycles. The van der Waals surface area contributed by atoms with Crippen LogP contribution < -0.4 is 0 Å². The molecular formula is C7H12O5. The number of aliphatic hydroxyl groups excluding tert-OH is 2. The summed E-state index contributed by atoms with van der Waals surface area (Å²) in [6, 6.07) is 0. The smallest absolute Gasteiger partial charge is 0.307 e. The first-order chi connectivity index (χ1) is 5.74. The van der Waals surface area contributed by atoms with E-state index in [4.69, 9.17) is 24.4 Å². The number of rotatable bonds is 2. The lowest BCUT2D eigenvalue weighted by Crippen LogP contribution is -2.62. The SMILES string of the molecule is OCC12COC(CO)(OC1)OC2. The minimum atomic E-state index is -1.25. The van der Waals surface area contributed by atoms with Crippen molar-refractivity contribution in [3.8, 4) is 0 Å². The average molecular weight is 176 g/mol. The summed E-state index contributed by atoms with van der Waals surface area (Å²) in [5.74, 6) is -1.25. The molecule has 0 unspecified atom stereocenters. The van der Waals surface area contributed by atoms with E-state index >= 15 is 0 Å². The number of hydrogen-bond acceptors (Lipinski definition) is 5. The Morgan fingerprint density at radius 3 is 1.75 bits per heavy atom. The highest BCUT2D eigenvalue weighted by Gasteiger charge is 2.52. The largest absolute Gasteiger partial charge is 0.396 e. The quantitative estimate of drug-likeness (QED) is 0.546. The second-order valence-electron chi connectivity index (χ2n) is 3.37. The summed E-state index contributed by atoms with van der Waals surface area (Å²) in [7, 11) is 0. The Hall–Kier alpha value is -0.200. The van der Waals surface area contributed by atoms with Crippen LogP contribution in [0.3, 0.4) is 0 Å². The highest BCUT2D eigenvalue weighted by molar-refractivity contribution is 4.87. The van der Waals surface area contributed by atoms with Crippen LogP contribution >= 0.6 is 0 Å². The van der Waals surface area contributed by atoms with Crippen molar-refractivity contribution in [3.05, 3.63) is 0 Å². The highest BCUT2D eigenvalue weighted by Crippen LogP contribution is 2.37. The minimum absolute atomic E-state index is 0.0193. The summed E-state index contributed by atoms with van der Waals surface area (Å²) in [6.07, 6.45) is 0. The molecule has 12 heavy (non-hydrogen) atoms. The third-order valence-electron chi connectivity index (χ3n) is 2.32. The molecule has 5 nitrogen and oxygen atoms in total. The molecule has 0 atom stereocenters. The zero-order valence-electron chi connectivity index (χ0n) is 6.65. The van der Waals surface area contributed by atoms with Gasteiger partial charge in [0, 0.05) is 0 Å². The molecule has 2 N–H and O–H groups in total. The van der Waals surface area contributed by atoms with E-state index in [0.717, 1.165) is 0 Å². The Labute approximate surface area is 69.8 Å². The summed E-state index contributed by atoms with van der Waals surface area (Å²) >= 11 is 0. The molecule has 3 rings (SSSR count). The second-order valence-corrected chi connectivity index (χ2v) is 3.37. The maximum Gasteiger partial charge on any atom is 0.307 e. The van der Waals surface area contributed by atoms with Crippen LogP contribution in [0, 0.1) is 5.41 Å². The monoisotopic (exact) mass is 176 g/mol. The van der Waals surface area contributed by atoms with E-state index in [-0.39, 0.29) is 13.2 Å². The Balaban J connectivity index is 2.09. The van der Waals surface area contributed by atoms with Gasteiger partial charge >= 0.3 is 5.97 Å². The van der Waals surface area contributed by atoms with Gasteiger partial charge in [-0.2, -0.15) is 0 Å². The molecule has 0 radical (unpaired) electrons. The van der Waals surface area contributed by atoms with Gasteiger partial charge in [0.1, 0.15) is 6.61 Å². The van der Waals surface area contributed by atoms with Gasteiger partial charge in [-0.05, 0) is 0 Å². The standard InChI is InChI=1S/C7H12O5/c8-1-6-3-10-7(2-9,11-4-6)12-5-6/h8-9H,1-5H2. The van der Waals surface area contributed by atoms with Crippen molar-refractivity contribution in [2.45, 2.75) is 5.97 Å². The van der Waals surface area contributed by atoms with Crippen LogP contribution in [0.25, 0.3) is 0 Å². The van der Waals surface area contributed by atoms with Crippen LogP contribution in [0.1, 0.15) is 0 Å². The first kappa shape index (κ1) is 8.40. The van der Waals surface area contributed by atoms with Crippen LogP contribution in [-0.2, 0) is 14.2 Å². The zero-order valence-corrected chi connectivity index (χ0v) is 6.65. The van der Waals surface area contributed by atoms with E-state index in [2.05, 4.69) is 0 Å². The Morgan fingerprint density at radius 2 is 1.42 bits per heavy atom.